The second-order valence-corrected chi connectivity index (χ2v) is 10.4. The summed E-state index contributed by atoms with van der Waals surface area (Å²) in [6, 6.07) is 14.1. The van der Waals surface area contributed by atoms with Crippen molar-refractivity contribution in [2.24, 2.45) is 0 Å². The first-order valence-corrected chi connectivity index (χ1v) is 13.1. The number of rotatable bonds is 7. The lowest BCUT2D eigenvalue weighted by atomic mass is 9.94. The highest BCUT2D eigenvalue weighted by Crippen LogP contribution is 2.33. The van der Waals surface area contributed by atoms with Crippen molar-refractivity contribution in [1.82, 2.24) is 10.5 Å². The first kappa shape index (κ1) is 26.0. The molecule has 1 fully saturated rings. The summed E-state index contributed by atoms with van der Waals surface area (Å²) in [4.78, 5) is 29.7. The molecule has 1 saturated carbocycles. The smallest absolute Gasteiger partial charge is 0.264 e. The molecule has 0 spiro atoms. The van der Waals surface area contributed by atoms with Gasteiger partial charge in [-0.3, -0.25) is 14.5 Å². The minimum Gasteiger partial charge on any atom is -0.361 e. The van der Waals surface area contributed by atoms with E-state index in [1.165, 1.54) is 6.42 Å². The number of anilines is 1. The number of carbonyl (C=O) groups excluding carboxylic acids is 2. The normalized spacial score (nSPS) is 15.1. The molecule has 0 radical (unpaired) electrons. The van der Waals surface area contributed by atoms with Crippen LogP contribution in [0.15, 0.2) is 53.1 Å². The SMILES string of the molecule is Cc1noc(C)c1C(=O)N(c1ccc(C(C)C)cc1)C(C(=O)NC1CCCCC1)c1ccc(Cl)cc1. The zero-order chi connectivity index (χ0) is 25.8. The molecule has 4 rings (SSSR count). The Labute approximate surface area is 218 Å². The Morgan fingerprint density at radius 3 is 2.14 bits per heavy atom. The van der Waals surface area contributed by atoms with Gasteiger partial charge >= 0.3 is 0 Å². The van der Waals surface area contributed by atoms with Crippen LogP contribution >= 0.6 is 11.6 Å². The van der Waals surface area contributed by atoms with E-state index < -0.39 is 6.04 Å². The Morgan fingerprint density at radius 1 is 0.972 bits per heavy atom. The molecule has 190 valence electrons. The lowest BCUT2D eigenvalue weighted by molar-refractivity contribution is -0.123. The standard InChI is InChI=1S/C29H34ClN3O3/c1-18(2)21-12-16-25(17-13-21)33(29(35)26-19(3)32-36-20(26)4)27(22-10-14-23(30)15-11-22)28(34)31-24-8-6-5-7-9-24/h10-18,24,27H,5-9H2,1-4H3,(H,31,34). The quantitative estimate of drug-likeness (QED) is 0.377. The molecule has 1 atom stereocenters. The monoisotopic (exact) mass is 507 g/mol. The molecule has 3 aromatic rings. The summed E-state index contributed by atoms with van der Waals surface area (Å²) >= 11 is 6.18. The van der Waals surface area contributed by atoms with Gasteiger partial charge in [-0.05, 0) is 68.0 Å². The fraction of sp³-hybridized carbons (Fsp3) is 0.414. The second-order valence-electron chi connectivity index (χ2n) is 9.92. The van der Waals surface area contributed by atoms with Crippen LogP contribution in [0.5, 0.6) is 0 Å². The van der Waals surface area contributed by atoms with Crippen molar-refractivity contribution in [3.05, 3.63) is 81.7 Å². The lowest BCUT2D eigenvalue weighted by Gasteiger charge is -2.33. The number of aryl methyl sites for hydroxylation is 2. The topological polar surface area (TPSA) is 75.4 Å². The van der Waals surface area contributed by atoms with Gasteiger partial charge in [0.2, 0.25) is 5.91 Å². The van der Waals surface area contributed by atoms with E-state index in [4.69, 9.17) is 16.1 Å². The number of nitrogens with one attached hydrogen (secondary N) is 1. The van der Waals surface area contributed by atoms with Crippen LogP contribution in [0, 0.1) is 13.8 Å². The van der Waals surface area contributed by atoms with Crippen molar-refractivity contribution in [3.8, 4) is 0 Å². The molecule has 1 aromatic heterocycles. The molecule has 1 heterocycles. The van der Waals surface area contributed by atoms with Crippen molar-refractivity contribution in [1.29, 1.82) is 0 Å². The molecule has 36 heavy (non-hydrogen) atoms. The summed E-state index contributed by atoms with van der Waals surface area (Å²) in [6.07, 6.45) is 5.26. The van der Waals surface area contributed by atoms with Gasteiger partial charge in [-0.25, -0.2) is 0 Å². The molecule has 1 N–H and O–H groups in total. The van der Waals surface area contributed by atoms with Gasteiger partial charge in [0.15, 0.2) is 0 Å². The lowest BCUT2D eigenvalue weighted by Crippen LogP contribution is -2.47. The van der Waals surface area contributed by atoms with Gasteiger partial charge in [0, 0.05) is 16.8 Å². The molecule has 1 aliphatic rings. The molecular formula is C29H34ClN3O3. The van der Waals surface area contributed by atoms with Gasteiger partial charge in [0.25, 0.3) is 5.91 Å². The van der Waals surface area contributed by atoms with Crippen molar-refractivity contribution in [2.45, 2.75) is 77.8 Å². The molecule has 0 bridgehead atoms. The molecule has 0 saturated heterocycles. The van der Waals surface area contributed by atoms with Crippen molar-refractivity contribution in [3.63, 3.8) is 0 Å². The number of hydrogen-bond acceptors (Lipinski definition) is 4. The Morgan fingerprint density at radius 2 is 1.58 bits per heavy atom. The van der Waals surface area contributed by atoms with E-state index in [2.05, 4.69) is 24.3 Å². The van der Waals surface area contributed by atoms with E-state index in [0.717, 1.165) is 31.2 Å². The van der Waals surface area contributed by atoms with Gasteiger partial charge in [-0.2, -0.15) is 0 Å². The Balaban J connectivity index is 1.83. The molecular weight excluding hydrogens is 474 g/mol. The average Bonchev–Trinajstić information content (AvgIpc) is 3.21. The number of carbonyl (C=O) groups is 2. The van der Waals surface area contributed by atoms with Crippen LogP contribution in [0.3, 0.4) is 0 Å². The third kappa shape index (κ3) is 5.65. The molecule has 6 nitrogen and oxygen atoms in total. The fourth-order valence-corrected chi connectivity index (χ4v) is 5.03. The van der Waals surface area contributed by atoms with Gasteiger partial charge in [0.05, 0.1) is 5.69 Å². The Bertz CT molecular complexity index is 1180. The van der Waals surface area contributed by atoms with Crippen molar-refractivity contribution >= 4 is 29.1 Å². The van der Waals surface area contributed by atoms with Crippen LogP contribution in [0.1, 0.15) is 90.9 Å². The largest absolute Gasteiger partial charge is 0.361 e. The summed E-state index contributed by atoms with van der Waals surface area (Å²) in [6.45, 7) is 7.70. The third-order valence-corrected chi connectivity index (χ3v) is 7.20. The molecule has 0 aliphatic heterocycles. The number of halogens is 1. The first-order chi connectivity index (χ1) is 17.3. The molecule has 2 amide bonds. The maximum absolute atomic E-state index is 14.2. The summed E-state index contributed by atoms with van der Waals surface area (Å²) in [5.74, 6) is 0.218. The molecule has 1 unspecified atom stereocenters. The Kier molecular flexibility index (Phi) is 8.14. The summed E-state index contributed by atoms with van der Waals surface area (Å²) in [5.41, 5.74) is 3.32. The minimum atomic E-state index is -0.893. The highest BCUT2D eigenvalue weighted by molar-refractivity contribution is 6.30. The van der Waals surface area contributed by atoms with E-state index >= 15 is 0 Å². The summed E-state index contributed by atoms with van der Waals surface area (Å²) in [7, 11) is 0. The number of nitrogens with zero attached hydrogens (tertiary/aromatic N) is 2. The van der Waals surface area contributed by atoms with Crippen LogP contribution in [-0.2, 0) is 4.79 Å². The predicted molar refractivity (Wildman–Crippen MR) is 143 cm³/mol. The van der Waals surface area contributed by atoms with Gasteiger partial charge in [-0.1, -0.05) is 74.1 Å². The van der Waals surface area contributed by atoms with Crippen LogP contribution in [-0.4, -0.2) is 23.0 Å². The number of benzene rings is 2. The first-order valence-electron chi connectivity index (χ1n) is 12.7. The van der Waals surface area contributed by atoms with E-state index in [1.54, 1.807) is 30.9 Å². The molecule has 2 aromatic carbocycles. The van der Waals surface area contributed by atoms with E-state index in [0.29, 0.717) is 39.2 Å². The van der Waals surface area contributed by atoms with Crippen molar-refractivity contribution < 1.29 is 14.1 Å². The Hall–Kier alpha value is -3.12. The number of amides is 2. The second kappa shape index (κ2) is 11.3. The van der Waals surface area contributed by atoms with E-state index in [-0.39, 0.29) is 17.9 Å². The molecule has 7 heteroatoms. The van der Waals surface area contributed by atoms with Crippen LogP contribution in [0.2, 0.25) is 5.02 Å². The molecule has 1 aliphatic carbocycles. The van der Waals surface area contributed by atoms with Crippen molar-refractivity contribution in [2.75, 3.05) is 4.90 Å². The highest BCUT2D eigenvalue weighted by Gasteiger charge is 2.36. The summed E-state index contributed by atoms with van der Waals surface area (Å²) < 4.78 is 5.32. The third-order valence-electron chi connectivity index (χ3n) is 6.95. The number of aromatic nitrogens is 1. The van der Waals surface area contributed by atoms with Crippen LogP contribution < -0.4 is 10.2 Å². The highest BCUT2D eigenvalue weighted by atomic mass is 35.5. The maximum atomic E-state index is 14.2. The zero-order valence-corrected chi connectivity index (χ0v) is 22.1. The van der Waals surface area contributed by atoms with Crippen LogP contribution in [0.25, 0.3) is 0 Å². The van der Waals surface area contributed by atoms with Gasteiger partial charge < -0.3 is 9.84 Å². The average molecular weight is 508 g/mol. The number of hydrogen-bond donors (Lipinski definition) is 1. The minimum absolute atomic E-state index is 0.0976. The summed E-state index contributed by atoms with van der Waals surface area (Å²) in [5, 5.41) is 7.79. The fourth-order valence-electron chi connectivity index (χ4n) is 4.90. The predicted octanol–water partition coefficient (Wildman–Crippen LogP) is 6.91. The zero-order valence-electron chi connectivity index (χ0n) is 21.4. The van der Waals surface area contributed by atoms with E-state index in [9.17, 15) is 9.59 Å². The van der Waals surface area contributed by atoms with Gasteiger partial charge in [0.1, 0.15) is 17.4 Å². The maximum Gasteiger partial charge on any atom is 0.264 e. The van der Waals surface area contributed by atoms with Gasteiger partial charge in [-0.15, -0.1) is 0 Å². The van der Waals surface area contributed by atoms with E-state index in [1.807, 2.05) is 36.4 Å². The van der Waals surface area contributed by atoms with Crippen LogP contribution in [0.4, 0.5) is 5.69 Å².